The summed E-state index contributed by atoms with van der Waals surface area (Å²) in [6.07, 6.45) is 11.8. The molecule has 0 saturated heterocycles. The second-order valence-electron chi connectivity index (χ2n) is 6.31. The molecule has 0 bridgehead atoms. The maximum Gasteiger partial charge on any atom is 0.219 e. The van der Waals surface area contributed by atoms with Gasteiger partial charge in [-0.3, -0.25) is 4.79 Å². The van der Waals surface area contributed by atoms with Crippen molar-refractivity contribution in [3.63, 3.8) is 0 Å². The van der Waals surface area contributed by atoms with Gasteiger partial charge in [0.05, 0.1) is 0 Å². The zero-order valence-electron chi connectivity index (χ0n) is 13.2. The molecule has 1 saturated carbocycles. The summed E-state index contributed by atoms with van der Waals surface area (Å²) < 4.78 is 0. The second-order valence-corrected chi connectivity index (χ2v) is 6.31. The zero-order chi connectivity index (χ0) is 14.3. The van der Waals surface area contributed by atoms with Gasteiger partial charge in [-0.15, -0.1) is 0 Å². The molecule has 2 heteroatoms. The molecule has 1 aliphatic carbocycles. The number of hydrogen-bond donors (Lipinski definition) is 0. The quantitative estimate of drug-likeness (QED) is 0.566. The van der Waals surface area contributed by atoms with E-state index in [1.165, 1.54) is 19.3 Å². The number of amides is 1. The normalized spacial score (nSPS) is 25.8. The van der Waals surface area contributed by atoms with E-state index in [1.807, 2.05) is 0 Å². The van der Waals surface area contributed by atoms with E-state index in [0.717, 1.165) is 38.3 Å². The summed E-state index contributed by atoms with van der Waals surface area (Å²) >= 11 is 0. The molecule has 0 aliphatic heterocycles. The van der Waals surface area contributed by atoms with Crippen molar-refractivity contribution < 1.29 is 4.79 Å². The first kappa shape index (κ1) is 16.3. The molecule has 0 aromatic rings. The van der Waals surface area contributed by atoms with Gasteiger partial charge in [0.2, 0.25) is 5.91 Å². The Morgan fingerprint density at radius 3 is 2.68 bits per heavy atom. The van der Waals surface area contributed by atoms with E-state index in [0.29, 0.717) is 5.41 Å². The van der Waals surface area contributed by atoms with Crippen molar-refractivity contribution in [1.29, 1.82) is 0 Å². The van der Waals surface area contributed by atoms with Gasteiger partial charge in [0.15, 0.2) is 0 Å². The topological polar surface area (TPSA) is 20.3 Å². The van der Waals surface area contributed by atoms with Crippen LogP contribution in [0.2, 0.25) is 0 Å². The minimum atomic E-state index is 0.242. The molecule has 1 amide bonds. The SMILES string of the molecule is CC/C=C\CCC1CC1(C)CN(CCCC)C(C)=O. The first-order chi connectivity index (χ1) is 9.03. The van der Waals surface area contributed by atoms with Crippen LogP contribution in [0.25, 0.3) is 0 Å². The average Bonchev–Trinajstić information content (AvgIpc) is 3.01. The van der Waals surface area contributed by atoms with Gasteiger partial charge in [-0.2, -0.15) is 0 Å². The lowest BCUT2D eigenvalue weighted by Crippen LogP contribution is -2.35. The Balaban J connectivity index is 2.34. The molecule has 0 spiro atoms. The lowest BCUT2D eigenvalue weighted by molar-refractivity contribution is -0.129. The molecule has 0 aromatic heterocycles. The van der Waals surface area contributed by atoms with Crippen molar-refractivity contribution >= 4 is 5.91 Å². The number of carbonyl (C=O) groups excluding carboxylic acids is 1. The molecular weight excluding hydrogens is 234 g/mol. The van der Waals surface area contributed by atoms with Gasteiger partial charge >= 0.3 is 0 Å². The highest BCUT2D eigenvalue weighted by Gasteiger charge is 2.50. The van der Waals surface area contributed by atoms with E-state index < -0.39 is 0 Å². The Kier molecular flexibility index (Phi) is 6.60. The van der Waals surface area contributed by atoms with Gasteiger partial charge in [-0.25, -0.2) is 0 Å². The van der Waals surface area contributed by atoms with Crippen LogP contribution in [0.1, 0.15) is 66.2 Å². The van der Waals surface area contributed by atoms with Crippen molar-refractivity contribution in [2.24, 2.45) is 11.3 Å². The molecule has 0 N–H and O–H groups in total. The van der Waals surface area contributed by atoms with Gasteiger partial charge in [-0.1, -0.05) is 39.3 Å². The van der Waals surface area contributed by atoms with Crippen LogP contribution in [0.15, 0.2) is 12.2 Å². The molecular formula is C17H31NO. The summed E-state index contributed by atoms with van der Waals surface area (Å²) in [7, 11) is 0. The van der Waals surface area contributed by atoms with Gasteiger partial charge < -0.3 is 4.90 Å². The predicted octanol–water partition coefficient (Wildman–Crippen LogP) is 4.41. The molecule has 2 atom stereocenters. The lowest BCUT2D eigenvalue weighted by atomic mass is 10.0. The molecule has 19 heavy (non-hydrogen) atoms. The minimum Gasteiger partial charge on any atom is -0.342 e. The molecule has 2 nitrogen and oxygen atoms in total. The van der Waals surface area contributed by atoms with E-state index in [4.69, 9.17) is 0 Å². The van der Waals surface area contributed by atoms with Gasteiger partial charge in [0.25, 0.3) is 0 Å². The maximum absolute atomic E-state index is 11.7. The van der Waals surface area contributed by atoms with Crippen molar-refractivity contribution in [2.75, 3.05) is 13.1 Å². The van der Waals surface area contributed by atoms with Crippen LogP contribution in [0.4, 0.5) is 0 Å². The summed E-state index contributed by atoms with van der Waals surface area (Å²) in [6.45, 7) is 10.3. The molecule has 2 unspecified atom stereocenters. The maximum atomic E-state index is 11.7. The Bertz CT molecular complexity index is 310. The van der Waals surface area contributed by atoms with Crippen LogP contribution in [-0.4, -0.2) is 23.9 Å². The third-order valence-electron chi connectivity index (χ3n) is 4.40. The Morgan fingerprint density at radius 2 is 2.11 bits per heavy atom. The van der Waals surface area contributed by atoms with E-state index in [2.05, 4.69) is 37.8 Å². The Hall–Kier alpha value is -0.790. The number of carbonyl (C=O) groups is 1. The number of hydrogen-bond acceptors (Lipinski definition) is 1. The van der Waals surface area contributed by atoms with Crippen LogP contribution in [0, 0.1) is 11.3 Å². The summed E-state index contributed by atoms with van der Waals surface area (Å²) in [6, 6.07) is 0. The molecule has 0 radical (unpaired) electrons. The summed E-state index contributed by atoms with van der Waals surface area (Å²) in [4.78, 5) is 13.7. The van der Waals surface area contributed by atoms with Crippen LogP contribution in [-0.2, 0) is 4.79 Å². The van der Waals surface area contributed by atoms with Crippen LogP contribution in [0.5, 0.6) is 0 Å². The highest BCUT2D eigenvalue weighted by molar-refractivity contribution is 5.73. The van der Waals surface area contributed by atoms with E-state index in [-0.39, 0.29) is 5.91 Å². The first-order valence-electron chi connectivity index (χ1n) is 7.94. The first-order valence-corrected chi connectivity index (χ1v) is 7.94. The average molecular weight is 265 g/mol. The number of unbranched alkanes of at least 4 members (excludes halogenated alkanes) is 1. The van der Waals surface area contributed by atoms with Gasteiger partial charge in [-0.05, 0) is 43.4 Å². The smallest absolute Gasteiger partial charge is 0.219 e. The third-order valence-corrected chi connectivity index (χ3v) is 4.40. The summed E-state index contributed by atoms with van der Waals surface area (Å²) in [5.74, 6) is 1.06. The highest BCUT2D eigenvalue weighted by atomic mass is 16.2. The fraction of sp³-hybridized carbons (Fsp3) is 0.824. The number of rotatable bonds is 9. The van der Waals surface area contributed by atoms with Crippen molar-refractivity contribution in [3.8, 4) is 0 Å². The van der Waals surface area contributed by atoms with Crippen LogP contribution in [0.3, 0.4) is 0 Å². The molecule has 1 rings (SSSR count). The van der Waals surface area contributed by atoms with Gasteiger partial charge in [0.1, 0.15) is 0 Å². The third kappa shape index (κ3) is 5.38. The van der Waals surface area contributed by atoms with E-state index >= 15 is 0 Å². The molecule has 0 aromatic carbocycles. The van der Waals surface area contributed by atoms with Crippen LogP contribution >= 0.6 is 0 Å². The fourth-order valence-electron chi connectivity index (χ4n) is 2.86. The van der Waals surface area contributed by atoms with Gasteiger partial charge in [0, 0.05) is 20.0 Å². The number of nitrogens with zero attached hydrogens (tertiary/aromatic N) is 1. The summed E-state index contributed by atoms with van der Waals surface area (Å²) in [5.41, 5.74) is 0.388. The fourth-order valence-corrected chi connectivity index (χ4v) is 2.86. The minimum absolute atomic E-state index is 0.242. The molecule has 1 fully saturated rings. The van der Waals surface area contributed by atoms with E-state index in [9.17, 15) is 4.79 Å². The molecule has 0 heterocycles. The lowest BCUT2D eigenvalue weighted by Gasteiger charge is -2.25. The van der Waals surface area contributed by atoms with Crippen LogP contribution < -0.4 is 0 Å². The van der Waals surface area contributed by atoms with Crippen molar-refractivity contribution in [3.05, 3.63) is 12.2 Å². The zero-order valence-corrected chi connectivity index (χ0v) is 13.2. The monoisotopic (exact) mass is 265 g/mol. The van der Waals surface area contributed by atoms with Crippen molar-refractivity contribution in [2.45, 2.75) is 66.2 Å². The molecule has 110 valence electrons. The Morgan fingerprint density at radius 1 is 1.37 bits per heavy atom. The predicted molar refractivity (Wildman–Crippen MR) is 82.0 cm³/mol. The van der Waals surface area contributed by atoms with E-state index in [1.54, 1.807) is 6.92 Å². The number of allylic oxidation sites excluding steroid dienone is 2. The molecule has 1 aliphatic rings. The second kappa shape index (κ2) is 7.72. The summed E-state index contributed by atoms with van der Waals surface area (Å²) in [5, 5.41) is 0. The highest BCUT2D eigenvalue weighted by Crippen LogP contribution is 2.55. The largest absolute Gasteiger partial charge is 0.342 e. The standard InChI is InChI=1S/C17H31NO/c1-5-7-9-10-11-16-13-17(16,4)14-18(15(3)19)12-8-6-2/h7,9,16H,5-6,8,10-14H2,1-4H3/b9-7-. The Labute approximate surface area is 119 Å². The van der Waals surface area contributed by atoms with Crippen molar-refractivity contribution in [1.82, 2.24) is 4.90 Å².